The van der Waals surface area contributed by atoms with Gasteiger partial charge in [-0.15, -0.1) is 0 Å². The third-order valence-corrected chi connectivity index (χ3v) is 6.95. The molecule has 1 rings (SSSR count). The molecule has 0 saturated carbocycles. The van der Waals surface area contributed by atoms with Crippen molar-refractivity contribution in [1.82, 2.24) is 5.32 Å². The van der Waals surface area contributed by atoms with Crippen LogP contribution in [0.15, 0.2) is 12.1 Å². The van der Waals surface area contributed by atoms with Crippen molar-refractivity contribution in [1.29, 1.82) is 0 Å². The highest BCUT2D eigenvalue weighted by Crippen LogP contribution is 2.29. The molecule has 0 spiro atoms. The van der Waals surface area contributed by atoms with E-state index >= 15 is 0 Å². The Kier molecular flexibility index (Phi) is 17.7. The molecule has 0 bridgehead atoms. The fraction of sp³-hybridized carbons (Fsp3) is 0.767. The molecule has 0 radical (unpaired) electrons. The molecule has 1 aromatic rings. The summed E-state index contributed by atoms with van der Waals surface area (Å²) >= 11 is 0. The second-order valence-electron chi connectivity index (χ2n) is 9.64. The van der Waals surface area contributed by atoms with Crippen LogP contribution in [0.1, 0.15) is 133 Å². The van der Waals surface area contributed by atoms with Crippen molar-refractivity contribution in [2.45, 2.75) is 130 Å². The van der Waals surface area contributed by atoms with Crippen molar-refractivity contribution in [2.24, 2.45) is 0 Å². The van der Waals surface area contributed by atoms with E-state index in [-0.39, 0.29) is 5.97 Å². The Hall–Kier alpha value is -1.55. The molecule has 0 saturated heterocycles. The van der Waals surface area contributed by atoms with Gasteiger partial charge in [0, 0.05) is 12.5 Å². The molecule has 1 aromatic carbocycles. The molecule has 4 nitrogen and oxygen atoms in total. The number of esters is 1. The standard InChI is InChI=1S/C30H53NO3/c1-6-27-25(3)28(22-23-29(27)33-5)26(4)31-24-20-18-16-14-12-10-8-9-11-13-15-17-19-21-30(32)34-7-2/h22-23,26,31H,6-21,24H2,1-5H3. The minimum Gasteiger partial charge on any atom is -0.496 e. The average molecular weight is 476 g/mol. The average Bonchev–Trinajstić information content (AvgIpc) is 2.83. The SMILES string of the molecule is CCOC(=O)CCCCCCCCCCCCCCCNC(C)c1ccc(OC)c(CC)c1C. The number of hydrogen-bond acceptors (Lipinski definition) is 4. The highest BCUT2D eigenvalue weighted by atomic mass is 16.5. The van der Waals surface area contributed by atoms with Gasteiger partial charge in [0.15, 0.2) is 0 Å². The van der Waals surface area contributed by atoms with Gasteiger partial charge >= 0.3 is 5.97 Å². The highest BCUT2D eigenvalue weighted by Gasteiger charge is 2.13. The van der Waals surface area contributed by atoms with Gasteiger partial charge in [0.1, 0.15) is 5.75 Å². The normalized spacial score (nSPS) is 12.0. The maximum absolute atomic E-state index is 11.3. The summed E-state index contributed by atoms with van der Waals surface area (Å²) in [4.78, 5) is 11.3. The van der Waals surface area contributed by atoms with E-state index in [1.54, 1.807) is 7.11 Å². The lowest BCUT2D eigenvalue weighted by molar-refractivity contribution is -0.143. The van der Waals surface area contributed by atoms with Gasteiger partial charge in [-0.25, -0.2) is 0 Å². The van der Waals surface area contributed by atoms with E-state index in [2.05, 4.69) is 38.2 Å². The zero-order chi connectivity index (χ0) is 25.0. The van der Waals surface area contributed by atoms with Gasteiger partial charge in [0.25, 0.3) is 0 Å². The maximum Gasteiger partial charge on any atom is 0.305 e. The summed E-state index contributed by atoms with van der Waals surface area (Å²) in [6.07, 6.45) is 18.5. The molecule has 4 heteroatoms. The zero-order valence-electron chi connectivity index (χ0n) is 23.0. The van der Waals surface area contributed by atoms with Crippen molar-refractivity contribution in [3.63, 3.8) is 0 Å². The quantitative estimate of drug-likeness (QED) is 0.144. The molecule has 0 aromatic heterocycles. The van der Waals surface area contributed by atoms with E-state index in [9.17, 15) is 4.79 Å². The predicted octanol–water partition coefficient (Wildman–Crippen LogP) is 8.24. The lowest BCUT2D eigenvalue weighted by Gasteiger charge is -2.20. The van der Waals surface area contributed by atoms with Crippen molar-refractivity contribution >= 4 is 5.97 Å². The molecular formula is C30H53NO3. The van der Waals surface area contributed by atoms with E-state index in [1.165, 1.54) is 87.3 Å². The van der Waals surface area contributed by atoms with Crippen LogP contribution in [-0.2, 0) is 16.0 Å². The Labute approximate surface area is 210 Å². The highest BCUT2D eigenvalue weighted by molar-refractivity contribution is 5.69. The first-order valence-corrected chi connectivity index (χ1v) is 14.1. The summed E-state index contributed by atoms with van der Waals surface area (Å²) in [7, 11) is 1.76. The number of hydrogen-bond donors (Lipinski definition) is 1. The Morgan fingerprint density at radius 1 is 0.853 bits per heavy atom. The number of ether oxygens (including phenoxy) is 2. The molecule has 0 amide bonds. The molecule has 0 aliphatic heterocycles. The first kappa shape index (κ1) is 30.5. The molecular weight excluding hydrogens is 422 g/mol. The topological polar surface area (TPSA) is 47.6 Å². The fourth-order valence-corrected chi connectivity index (χ4v) is 4.85. The summed E-state index contributed by atoms with van der Waals surface area (Å²) in [5.41, 5.74) is 4.10. The van der Waals surface area contributed by atoms with Crippen molar-refractivity contribution in [2.75, 3.05) is 20.3 Å². The summed E-state index contributed by atoms with van der Waals surface area (Å²) in [5, 5.41) is 3.72. The van der Waals surface area contributed by atoms with Gasteiger partial charge < -0.3 is 14.8 Å². The summed E-state index contributed by atoms with van der Waals surface area (Å²) in [6, 6.07) is 4.72. The maximum atomic E-state index is 11.3. The Morgan fingerprint density at radius 3 is 1.88 bits per heavy atom. The van der Waals surface area contributed by atoms with Crippen LogP contribution < -0.4 is 10.1 Å². The monoisotopic (exact) mass is 475 g/mol. The number of nitrogens with one attached hydrogen (secondary N) is 1. The number of carbonyl (C=O) groups excluding carboxylic acids is 1. The van der Waals surface area contributed by atoms with Gasteiger partial charge in [-0.2, -0.15) is 0 Å². The summed E-state index contributed by atoms with van der Waals surface area (Å²) < 4.78 is 10.5. The zero-order valence-corrected chi connectivity index (χ0v) is 23.0. The molecule has 34 heavy (non-hydrogen) atoms. The van der Waals surface area contributed by atoms with Gasteiger partial charge in [-0.1, -0.05) is 83.6 Å². The minimum absolute atomic E-state index is 0.0394. The van der Waals surface area contributed by atoms with Gasteiger partial charge in [-0.3, -0.25) is 4.79 Å². The third-order valence-electron chi connectivity index (χ3n) is 6.95. The number of unbranched alkanes of at least 4 members (excludes halogenated alkanes) is 12. The lowest BCUT2D eigenvalue weighted by Crippen LogP contribution is -2.21. The lowest BCUT2D eigenvalue weighted by atomic mass is 9.95. The Bertz CT molecular complexity index is 659. The molecule has 196 valence electrons. The van der Waals surface area contributed by atoms with Crippen molar-refractivity contribution in [3.8, 4) is 5.75 Å². The van der Waals surface area contributed by atoms with Crippen LogP contribution in [0.2, 0.25) is 0 Å². The fourth-order valence-electron chi connectivity index (χ4n) is 4.85. The van der Waals surface area contributed by atoms with Crippen LogP contribution in [0, 0.1) is 6.92 Å². The Balaban J connectivity index is 1.95. The van der Waals surface area contributed by atoms with Gasteiger partial charge in [0.05, 0.1) is 13.7 Å². The van der Waals surface area contributed by atoms with E-state index in [0.717, 1.165) is 31.6 Å². The largest absolute Gasteiger partial charge is 0.496 e. The van der Waals surface area contributed by atoms with Crippen LogP contribution in [0.3, 0.4) is 0 Å². The molecule has 1 unspecified atom stereocenters. The minimum atomic E-state index is -0.0394. The van der Waals surface area contributed by atoms with Crippen LogP contribution in [0.4, 0.5) is 0 Å². The first-order chi connectivity index (χ1) is 16.5. The van der Waals surface area contributed by atoms with Crippen LogP contribution in [0.25, 0.3) is 0 Å². The second-order valence-corrected chi connectivity index (χ2v) is 9.64. The van der Waals surface area contributed by atoms with Crippen LogP contribution in [-0.4, -0.2) is 26.2 Å². The summed E-state index contributed by atoms with van der Waals surface area (Å²) in [6.45, 7) is 10.2. The van der Waals surface area contributed by atoms with Crippen molar-refractivity contribution < 1.29 is 14.3 Å². The third kappa shape index (κ3) is 12.8. The number of methoxy groups -OCH3 is 1. The molecule has 1 atom stereocenters. The molecule has 0 fully saturated rings. The van der Waals surface area contributed by atoms with Crippen molar-refractivity contribution in [3.05, 3.63) is 28.8 Å². The molecule has 0 aliphatic rings. The van der Waals surface area contributed by atoms with E-state index in [1.807, 2.05) is 6.92 Å². The predicted molar refractivity (Wildman–Crippen MR) is 145 cm³/mol. The van der Waals surface area contributed by atoms with E-state index in [0.29, 0.717) is 19.1 Å². The second kappa shape index (κ2) is 19.7. The number of carbonyl (C=O) groups is 1. The van der Waals surface area contributed by atoms with E-state index in [4.69, 9.17) is 9.47 Å². The van der Waals surface area contributed by atoms with Crippen LogP contribution >= 0.6 is 0 Å². The first-order valence-electron chi connectivity index (χ1n) is 14.1. The molecule has 1 N–H and O–H groups in total. The molecule has 0 aliphatic carbocycles. The smallest absolute Gasteiger partial charge is 0.305 e. The van der Waals surface area contributed by atoms with E-state index < -0.39 is 0 Å². The van der Waals surface area contributed by atoms with Gasteiger partial charge in [0.2, 0.25) is 0 Å². The number of rotatable bonds is 21. The van der Waals surface area contributed by atoms with Gasteiger partial charge in [-0.05, 0) is 69.3 Å². The van der Waals surface area contributed by atoms with Crippen LogP contribution in [0.5, 0.6) is 5.75 Å². The Morgan fingerprint density at radius 2 is 1.38 bits per heavy atom. The number of benzene rings is 1. The summed E-state index contributed by atoms with van der Waals surface area (Å²) in [5.74, 6) is 0.973. The molecule has 0 heterocycles.